The molecule has 0 bridgehead atoms. The number of anilines is 1. The number of para-hydroxylation sites is 1. The molecule has 1 rings (SSSR count). The molecule has 0 radical (unpaired) electrons. The highest BCUT2D eigenvalue weighted by Gasteiger charge is 2.39. The van der Waals surface area contributed by atoms with Crippen LogP contribution in [0.3, 0.4) is 0 Å². The third kappa shape index (κ3) is 4.85. The Morgan fingerprint density at radius 3 is 2.00 bits per heavy atom. The number of carbonyl (C=O) groups is 2. The van der Waals surface area contributed by atoms with Gasteiger partial charge in [-0.1, -0.05) is 43.1 Å². The number of halogens is 2. The van der Waals surface area contributed by atoms with Gasteiger partial charge < -0.3 is 10.2 Å². The summed E-state index contributed by atoms with van der Waals surface area (Å²) in [5, 5.41) is 3.37. The molecule has 0 aliphatic rings. The predicted molar refractivity (Wildman–Crippen MR) is 96.0 cm³/mol. The topological polar surface area (TPSA) is 49.4 Å². The van der Waals surface area contributed by atoms with Gasteiger partial charge in [-0.05, 0) is 38.8 Å². The fraction of sp³-hybridized carbons (Fsp3) is 0.529. The summed E-state index contributed by atoms with van der Waals surface area (Å²) >= 11 is 12.1. The van der Waals surface area contributed by atoms with Crippen molar-refractivity contribution in [1.29, 1.82) is 0 Å². The summed E-state index contributed by atoms with van der Waals surface area (Å²) in [6.45, 7) is 8.52. The standard InChI is InChI=1S/C17H24Cl2N2O2/c1-5-10-21(11-6-2)16(23)17(3,4)15(22)20-14-12(18)8-7-9-13(14)19/h7-9H,5-6,10-11H2,1-4H3,(H,20,22). The molecule has 2 amide bonds. The third-order valence-corrected chi connectivity index (χ3v) is 4.21. The van der Waals surface area contributed by atoms with Crippen molar-refractivity contribution < 1.29 is 9.59 Å². The first kappa shape index (κ1) is 19.8. The van der Waals surface area contributed by atoms with E-state index in [1.54, 1.807) is 36.9 Å². The minimum Gasteiger partial charge on any atom is -0.342 e. The number of carbonyl (C=O) groups excluding carboxylic acids is 2. The van der Waals surface area contributed by atoms with Crippen LogP contribution in [-0.2, 0) is 9.59 Å². The largest absolute Gasteiger partial charge is 0.342 e. The van der Waals surface area contributed by atoms with E-state index in [4.69, 9.17) is 23.2 Å². The number of benzene rings is 1. The molecule has 0 saturated carbocycles. The first-order chi connectivity index (χ1) is 10.8. The Kier molecular flexibility index (Phi) is 7.36. The molecule has 1 aromatic carbocycles. The second-order valence-electron chi connectivity index (χ2n) is 5.97. The zero-order valence-electron chi connectivity index (χ0n) is 14.1. The molecule has 0 unspecified atom stereocenters. The summed E-state index contributed by atoms with van der Waals surface area (Å²) in [6.07, 6.45) is 1.69. The second kappa shape index (κ2) is 8.55. The van der Waals surface area contributed by atoms with Crippen LogP contribution < -0.4 is 5.32 Å². The highest BCUT2D eigenvalue weighted by molar-refractivity contribution is 6.40. The maximum Gasteiger partial charge on any atom is 0.239 e. The molecule has 4 nitrogen and oxygen atoms in total. The first-order valence-electron chi connectivity index (χ1n) is 7.80. The Morgan fingerprint density at radius 2 is 1.57 bits per heavy atom. The van der Waals surface area contributed by atoms with Gasteiger partial charge in [-0.25, -0.2) is 0 Å². The van der Waals surface area contributed by atoms with E-state index in [0.29, 0.717) is 28.8 Å². The van der Waals surface area contributed by atoms with E-state index in [1.165, 1.54) is 0 Å². The van der Waals surface area contributed by atoms with Crippen molar-refractivity contribution in [2.45, 2.75) is 40.5 Å². The molecule has 6 heteroatoms. The smallest absolute Gasteiger partial charge is 0.239 e. The molecule has 0 aliphatic heterocycles. The fourth-order valence-electron chi connectivity index (χ4n) is 2.23. The zero-order valence-corrected chi connectivity index (χ0v) is 15.6. The monoisotopic (exact) mass is 358 g/mol. The van der Waals surface area contributed by atoms with Crippen molar-refractivity contribution in [3.8, 4) is 0 Å². The Morgan fingerprint density at radius 1 is 1.09 bits per heavy atom. The van der Waals surface area contributed by atoms with Crippen molar-refractivity contribution in [1.82, 2.24) is 4.90 Å². The van der Waals surface area contributed by atoms with Crippen molar-refractivity contribution in [3.05, 3.63) is 28.2 Å². The molecule has 0 atom stereocenters. The minimum atomic E-state index is -1.20. The zero-order chi connectivity index (χ0) is 17.6. The van der Waals surface area contributed by atoms with Crippen molar-refractivity contribution in [3.63, 3.8) is 0 Å². The van der Waals surface area contributed by atoms with Crippen LogP contribution in [0, 0.1) is 5.41 Å². The number of hydrogen-bond donors (Lipinski definition) is 1. The molecular weight excluding hydrogens is 335 g/mol. The van der Waals surface area contributed by atoms with E-state index < -0.39 is 11.3 Å². The van der Waals surface area contributed by atoms with Crippen LogP contribution in [0.1, 0.15) is 40.5 Å². The highest BCUT2D eigenvalue weighted by Crippen LogP contribution is 2.32. The summed E-state index contributed by atoms with van der Waals surface area (Å²) < 4.78 is 0. The number of nitrogens with one attached hydrogen (secondary N) is 1. The molecule has 0 spiro atoms. The maximum absolute atomic E-state index is 12.7. The van der Waals surface area contributed by atoms with Gasteiger partial charge in [0.05, 0.1) is 15.7 Å². The van der Waals surface area contributed by atoms with E-state index in [2.05, 4.69) is 5.32 Å². The quantitative estimate of drug-likeness (QED) is 0.723. The van der Waals surface area contributed by atoms with Crippen LogP contribution in [0.25, 0.3) is 0 Å². The lowest BCUT2D eigenvalue weighted by atomic mass is 9.90. The Hall–Kier alpha value is -1.26. The number of amides is 2. The predicted octanol–water partition coefficient (Wildman–Crippen LogP) is 4.61. The molecule has 0 aromatic heterocycles. The van der Waals surface area contributed by atoms with Gasteiger partial charge in [0.15, 0.2) is 0 Å². The summed E-state index contributed by atoms with van der Waals surface area (Å²) in [4.78, 5) is 27.1. The summed E-state index contributed by atoms with van der Waals surface area (Å²) in [6, 6.07) is 4.97. The maximum atomic E-state index is 12.7. The Balaban J connectivity index is 2.97. The van der Waals surface area contributed by atoms with Crippen molar-refractivity contribution in [2.75, 3.05) is 18.4 Å². The summed E-state index contributed by atoms with van der Waals surface area (Å²) in [7, 11) is 0. The first-order valence-corrected chi connectivity index (χ1v) is 8.56. The molecule has 0 heterocycles. The van der Waals surface area contributed by atoms with Crippen LogP contribution in [0.15, 0.2) is 18.2 Å². The van der Waals surface area contributed by atoms with Crippen LogP contribution in [-0.4, -0.2) is 29.8 Å². The normalized spacial score (nSPS) is 11.2. The van der Waals surface area contributed by atoms with E-state index >= 15 is 0 Å². The van der Waals surface area contributed by atoms with Crippen LogP contribution in [0.2, 0.25) is 10.0 Å². The van der Waals surface area contributed by atoms with E-state index in [1.807, 2.05) is 13.8 Å². The Bertz CT molecular complexity index is 547. The second-order valence-corrected chi connectivity index (χ2v) is 6.78. The molecule has 0 saturated heterocycles. The molecular formula is C17H24Cl2N2O2. The highest BCUT2D eigenvalue weighted by atomic mass is 35.5. The van der Waals surface area contributed by atoms with E-state index in [-0.39, 0.29) is 5.91 Å². The fourth-order valence-corrected chi connectivity index (χ4v) is 2.73. The van der Waals surface area contributed by atoms with Gasteiger partial charge in [0, 0.05) is 13.1 Å². The Labute approximate surface area is 148 Å². The van der Waals surface area contributed by atoms with Gasteiger partial charge in [-0.15, -0.1) is 0 Å². The lowest BCUT2D eigenvalue weighted by Gasteiger charge is -2.31. The molecule has 128 valence electrons. The van der Waals surface area contributed by atoms with Gasteiger partial charge in [0.25, 0.3) is 0 Å². The third-order valence-electron chi connectivity index (χ3n) is 3.58. The van der Waals surface area contributed by atoms with E-state index in [9.17, 15) is 9.59 Å². The van der Waals surface area contributed by atoms with Gasteiger partial charge in [-0.2, -0.15) is 0 Å². The average molecular weight is 359 g/mol. The van der Waals surface area contributed by atoms with Crippen LogP contribution in [0.5, 0.6) is 0 Å². The SMILES string of the molecule is CCCN(CCC)C(=O)C(C)(C)C(=O)Nc1c(Cl)cccc1Cl. The summed E-state index contributed by atoms with van der Waals surface area (Å²) in [5.74, 6) is -0.614. The van der Waals surface area contributed by atoms with Crippen LogP contribution >= 0.6 is 23.2 Å². The van der Waals surface area contributed by atoms with Crippen molar-refractivity contribution >= 4 is 40.7 Å². The lowest BCUT2D eigenvalue weighted by molar-refractivity contribution is -0.146. The minimum absolute atomic E-state index is 0.193. The van der Waals surface area contributed by atoms with Crippen molar-refractivity contribution in [2.24, 2.45) is 5.41 Å². The molecule has 1 aromatic rings. The van der Waals surface area contributed by atoms with Gasteiger partial charge >= 0.3 is 0 Å². The molecule has 23 heavy (non-hydrogen) atoms. The number of hydrogen-bond acceptors (Lipinski definition) is 2. The lowest BCUT2D eigenvalue weighted by Crippen LogP contribution is -2.48. The molecule has 0 aliphatic carbocycles. The molecule has 1 N–H and O–H groups in total. The van der Waals surface area contributed by atoms with Gasteiger partial charge in [0.1, 0.15) is 5.41 Å². The summed E-state index contributed by atoms with van der Waals surface area (Å²) in [5.41, 5.74) is -0.869. The van der Waals surface area contributed by atoms with Gasteiger partial charge in [-0.3, -0.25) is 9.59 Å². The molecule has 0 fully saturated rings. The number of nitrogens with zero attached hydrogens (tertiary/aromatic N) is 1. The van der Waals surface area contributed by atoms with E-state index in [0.717, 1.165) is 12.8 Å². The van der Waals surface area contributed by atoms with Gasteiger partial charge in [0.2, 0.25) is 11.8 Å². The average Bonchev–Trinajstić information content (AvgIpc) is 2.49. The van der Waals surface area contributed by atoms with Crippen LogP contribution in [0.4, 0.5) is 5.69 Å². The number of rotatable bonds is 7.